The first-order valence-electron chi connectivity index (χ1n) is 8.38. The summed E-state index contributed by atoms with van der Waals surface area (Å²) < 4.78 is 27.8. The van der Waals surface area contributed by atoms with Crippen LogP contribution in [0.4, 0.5) is 5.13 Å². The number of sulfonamides is 1. The predicted molar refractivity (Wildman–Crippen MR) is 114 cm³/mol. The summed E-state index contributed by atoms with van der Waals surface area (Å²) in [5, 5.41) is 11.7. The summed E-state index contributed by atoms with van der Waals surface area (Å²) in [4.78, 5) is 12.5. The van der Waals surface area contributed by atoms with Crippen LogP contribution < -0.4 is 5.32 Å². The summed E-state index contributed by atoms with van der Waals surface area (Å²) in [5.74, 6) is -0.858. The highest BCUT2D eigenvalue weighted by atomic mass is 35.5. The molecule has 0 radical (unpaired) electrons. The Balaban J connectivity index is 1.65. The molecule has 7 nitrogen and oxygen atoms in total. The van der Waals surface area contributed by atoms with Gasteiger partial charge in [-0.2, -0.15) is 0 Å². The van der Waals surface area contributed by atoms with Gasteiger partial charge in [-0.1, -0.05) is 52.4 Å². The normalized spacial score (nSPS) is 18.2. The third kappa shape index (κ3) is 5.37. The fourth-order valence-electron chi connectivity index (χ4n) is 2.89. The average Bonchev–Trinajstić information content (AvgIpc) is 3.12. The van der Waals surface area contributed by atoms with Gasteiger partial charge in [0.2, 0.25) is 21.1 Å². The maximum Gasteiger partial charge on any atom is 0.230 e. The highest BCUT2D eigenvalue weighted by Gasteiger charge is 2.32. The van der Waals surface area contributed by atoms with Crippen LogP contribution in [-0.2, 0) is 20.6 Å². The SMILES string of the molecule is CSc1nnc(NC(=O)[C@@H]2CCCN(S(=O)(=O)Cc3ccc(Cl)c(Cl)c3)C2)s1. The second-order valence-electron chi connectivity index (χ2n) is 6.27. The molecular weight excluding hydrogens is 463 g/mol. The molecule has 2 aromatic rings. The van der Waals surface area contributed by atoms with Crippen LogP contribution >= 0.6 is 46.3 Å². The van der Waals surface area contributed by atoms with E-state index in [2.05, 4.69) is 15.5 Å². The van der Waals surface area contributed by atoms with Crippen molar-refractivity contribution in [3.8, 4) is 0 Å². The summed E-state index contributed by atoms with van der Waals surface area (Å²) in [6.45, 7) is 0.534. The van der Waals surface area contributed by atoms with Gasteiger partial charge in [-0.25, -0.2) is 12.7 Å². The highest BCUT2D eigenvalue weighted by molar-refractivity contribution is 8.00. The first-order valence-corrected chi connectivity index (χ1v) is 12.8. The van der Waals surface area contributed by atoms with Gasteiger partial charge in [0.15, 0.2) is 4.34 Å². The van der Waals surface area contributed by atoms with E-state index in [9.17, 15) is 13.2 Å². The number of carbonyl (C=O) groups excluding carboxylic acids is 1. The molecule has 1 N–H and O–H groups in total. The molecule has 152 valence electrons. The Morgan fingerprint density at radius 2 is 2.14 bits per heavy atom. The van der Waals surface area contributed by atoms with Crippen molar-refractivity contribution in [2.45, 2.75) is 22.9 Å². The summed E-state index contributed by atoms with van der Waals surface area (Å²) in [6.07, 6.45) is 3.12. The lowest BCUT2D eigenvalue weighted by Gasteiger charge is -2.31. The second-order valence-corrected chi connectivity index (χ2v) is 11.1. The summed E-state index contributed by atoms with van der Waals surface area (Å²) in [6, 6.07) is 4.76. The summed E-state index contributed by atoms with van der Waals surface area (Å²) in [7, 11) is -3.58. The van der Waals surface area contributed by atoms with Gasteiger partial charge in [0, 0.05) is 13.1 Å². The Hall–Kier alpha value is -0.910. The molecule has 0 unspecified atom stereocenters. The number of thioether (sulfide) groups is 1. The molecule has 2 heterocycles. The lowest BCUT2D eigenvalue weighted by Crippen LogP contribution is -2.44. The van der Waals surface area contributed by atoms with E-state index < -0.39 is 15.9 Å². The molecule has 0 bridgehead atoms. The van der Waals surface area contributed by atoms with Gasteiger partial charge < -0.3 is 5.32 Å². The van der Waals surface area contributed by atoms with Crippen LogP contribution in [0, 0.1) is 5.92 Å². The van der Waals surface area contributed by atoms with Gasteiger partial charge in [0.05, 0.1) is 21.7 Å². The molecule has 1 atom stereocenters. The van der Waals surface area contributed by atoms with E-state index in [1.165, 1.54) is 27.4 Å². The van der Waals surface area contributed by atoms with Crippen LogP contribution in [0.25, 0.3) is 0 Å². The molecule has 1 aliphatic heterocycles. The predicted octanol–water partition coefficient (Wildman–Crippen LogP) is 3.75. The van der Waals surface area contributed by atoms with Gasteiger partial charge in [0.25, 0.3) is 0 Å². The highest BCUT2D eigenvalue weighted by Crippen LogP contribution is 2.27. The van der Waals surface area contributed by atoms with Gasteiger partial charge in [-0.05, 0) is 36.8 Å². The van der Waals surface area contributed by atoms with Crippen molar-refractivity contribution >= 4 is 67.4 Å². The van der Waals surface area contributed by atoms with Crippen molar-refractivity contribution in [1.82, 2.24) is 14.5 Å². The third-order valence-corrected chi connectivity index (χ3v) is 8.66. The van der Waals surface area contributed by atoms with Crippen LogP contribution in [0.2, 0.25) is 10.0 Å². The number of piperidine rings is 1. The molecule has 0 spiro atoms. The minimum absolute atomic E-state index is 0.143. The number of hydrogen-bond acceptors (Lipinski definition) is 7. The van der Waals surface area contributed by atoms with Crippen LogP contribution in [0.5, 0.6) is 0 Å². The number of nitrogens with one attached hydrogen (secondary N) is 1. The standard InChI is InChI=1S/C16H18Cl2N4O3S3/c1-26-16-21-20-15(27-16)19-14(23)11-3-2-6-22(8-11)28(24,25)9-10-4-5-12(17)13(18)7-10/h4-5,7,11H,2-3,6,8-9H2,1H3,(H,19,20,23)/t11-/m1/s1. The van der Waals surface area contributed by atoms with Gasteiger partial charge in [0.1, 0.15) is 0 Å². The minimum Gasteiger partial charge on any atom is -0.300 e. The molecule has 1 aromatic heterocycles. The molecule has 1 saturated heterocycles. The van der Waals surface area contributed by atoms with Crippen LogP contribution in [0.1, 0.15) is 18.4 Å². The molecule has 3 rings (SSSR count). The van der Waals surface area contributed by atoms with Crippen LogP contribution in [-0.4, -0.2) is 48.2 Å². The molecule has 1 fully saturated rings. The van der Waals surface area contributed by atoms with E-state index >= 15 is 0 Å². The average molecular weight is 481 g/mol. The number of benzene rings is 1. The molecule has 0 aliphatic carbocycles. The van der Waals surface area contributed by atoms with Crippen molar-refractivity contribution in [2.75, 3.05) is 24.7 Å². The number of amides is 1. The van der Waals surface area contributed by atoms with Crippen molar-refractivity contribution in [2.24, 2.45) is 5.92 Å². The van der Waals surface area contributed by atoms with Crippen molar-refractivity contribution in [3.63, 3.8) is 0 Å². The Kier molecular flexibility index (Phi) is 7.21. The van der Waals surface area contributed by atoms with E-state index in [1.807, 2.05) is 6.26 Å². The first kappa shape index (κ1) is 21.8. The Morgan fingerprint density at radius 3 is 2.82 bits per heavy atom. The number of nitrogens with zero attached hydrogens (tertiary/aromatic N) is 3. The number of anilines is 1. The molecule has 12 heteroatoms. The molecule has 1 aliphatic rings. The molecule has 0 saturated carbocycles. The fraction of sp³-hybridized carbons (Fsp3) is 0.438. The van der Waals surface area contributed by atoms with E-state index in [4.69, 9.17) is 23.2 Å². The van der Waals surface area contributed by atoms with Gasteiger partial charge >= 0.3 is 0 Å². The number of halogens is 2. The number of carbonyl (C=O) groups is 1. The zero-order chi connectivity index (χ0) is 20.3. The fourth-order valence-corrected chi connectivity index (χ4v) is 5.98. The van der Waals surface area contributed by atoms with E-state index in [0.717, 1.165) is 4.34 Å². The Labute approximate surface area is 181 Å². The van der Waals surface area contributed by atoms with E-state index in [-0.39, 0.29) is 18.2 Å². The van der Waals surface area contributed by atoms with Crippen molar-refractivity contribution < 1.29 is 13.2 Å². The second kappa shape index (κ2) is 9.27. The topological polar surface area (TPSA) is 92.3 Å². The maximum atomic E-state index is 12.8. The Morgan fingerprint density at radius 1 is 1.36 bits per heavy atom. The molecule has 1 aromatic carbocycles. The zero-order valence-electron chi connectivity index (χ0n) is 14.9. The largest absolute Gasteiger partial charge is 0.300 e. The first-order chi connectivity index (χ1) is 13.3. The smallest absolute Gasteiger partial charge is 0.230 e. The quantitative estimate of drug-likeness (QED) is 0.499. The monoisotopic (exact) mass is 480 g/mol. The Bertz CT molecular complexity index is 968. The lowest BCUT2D eigenvalue weighted by molar-refractivity contribution is -0.120. The van der Waals surface area contributed by atoms with Crippen LogP contribution in [0.3, 0.4) is 0 Å². The maximum absolute atomic E-state index is 12.8. The van der Waals surface area contributed by atoms with E-state index in [0.29, 0.717) is 40.1 Å². The molecule has 28 heavy (non-hydrogen) atoms. The van der Waals surface area contributed by atoms with Crippen molar-refractivity contribution in [3.05, 3.63) is 33.8 Å². The lowest BCUT2D eigenvalue weighted by atomic mass is 9.99. The number of rotatable bonds is 6. The minimum atomic E-state index is -3.58. The number of aromatic nitrogens is 2. The summed E-state index contributed by atoms with van der Waals surface area (Å²) >= 11 is 14.6. The van der Waals surface area contributed by atoms with Crippen LogP contribution in [0.15, 0.2) is 22.5 Å². The third-order valence-electron chi connectivity index (χ3n) is 4.29. The van der Waals surface area contributed by atoms with Crippen molar-refractivity contribution in [1.29, 1.82) is 0 Å². The zero-order valence-corrected chi connectivity index (χ0v) is 18.9. The summed E-state index contributed by atoms with van der Waals surface area (Å²) in [5.41, 5.74) is 0.555. The molecule has 1 amide bonds. The number of hydrogen-bond donors (Lipinski definition) is 1. The van der Waals surface area contributed by atoms with Gasteiger partial charge in [-0.3, -0.25) is 4.79 Å². The van der Waals surface area contributed by atoms with E-state index in [1.54, 1.807) is 18.2 Å². The van der Waals surface area contributed by atoms with Gasteiger partial charge in [-0.15, -0.1) is 10.2 Å². The molecular formula is C16H18Cl2N4O3S3.